The Kier molecular flexibility index (Phi) is 8.54. The van der Waals surface area contributed by atoms with Crippen LogP contribution < -0.4 is 10.9 Å². The maximum absolute atomic E-state index is 13.4. The Bertz CT molecular complexity index is 1310. The standard InChI is InChI=1S/C28H35N3O3S/c1-16(2)14-29-26(33)22-10-11-23-24(13-22)30-28(31(27(23)34)15-17(3)4)35-20(7)25(32)21-9-8-18(5)19(6)12-21/h8-13,16-17,20H,14-15H2,1-7H3,(H,29,33)/t20-/m0/s1. The number of hydrogen-bond donors (Lipinski definition) is 1. The number of thioether (sulfide) groups is 1. The van der Waals surface area contributed by atoms with Gasteiger partial charge in [-0.25, -0.2) is 4.98 Å². The van der Waals surface area contributed by atoms with Crippen molar-refractivity contribution in [2.75, 3.05) is 6.54 Å². The molecule has 0 bridgehead atoms. The van der Waals surface area contributed by atoms with E-state index < -0.39 is 5.25 Å². The van der Waals surface area contributed by atoms with E-state index in [9.17, 15) is 14.4 Å². The zero-order valence-electron chi connectivity index (χ0n) is 21.6. The van der Waals surface area contributed by atoms with E-state index >= 15 is 0 Å². The van der Waals surface area contributed by atoms with E-state index in [1.165, 1.54) is 11.8 Å². The van der Waals surface area contributed by atoms with Gasteiger partial charge >= 0.3 is 0 Å². The highest BCUT2D eigenvalue weighted by molar-refractivity contribution is 8.00. The average Bonchev–Trinajstić information content (AvgIpc) is 2.80. The lowest BCUT2D eigenvalue weighted by Gasteiger charge is -2.18. The molecule has 1 amide bonds. The smallest absolute Gasteiger partial charge is 0.262 e. The first-order valence-corrected chi connectivity index (χ1v) is 13.0. The SMILES string of the molecule is Cc1ccc(C(=O)[C@H](C)Sc2nc3cc(C(=O)NCC(C)C)ccc3c(=O)n2CC(C)C)cc1C. The molecule has 1 atom stereocenters. The van der Waals surface area contributed by atoms with Crippen LogP contribution in [0.3, 0.4) is 0 Å². The third kappa shape index (κ3) is 6.40. The third-order valence-corrected chi connectivity index (χ3v) is 6.93. The number of ketones is 1. The Morgan fingerprint density at radius 2 is 1.63 bits per heavy atom. The van der Waals surface area contributed by atoms with Gasteiger partial charge in [-0.3, -0.25) is 19.0 Å². The zero-order valence-corrected chi connectivity index (χ0v) is 22.5. The van der Waals surface area contributed by atoms with Crippen LogP contribution in [0.4, 0.5) is 0 Å². The van der Waals surface area contributed by atoms with Gasteiger partial charge in [-0.2, -0.15) is 0 Å². The molecule has 1 aromatic heterocycles. The van der Waals surface area contributed by atoms with Gasteiger partial charge in [-0.1, -0.05) is 51.6 Å². The minimum Gasteiger partial charge on any atom is -0.352 e. The normalized spacial score (nSPS) is 12.4. The quantitative estimate of drug-likeness (QED) is 0.245. The highest BCUT2D eigenvalue weighted by Gasteiger charge is 2.22. The van der Waals surface area contributed by atoms with Gasteiger partial charge in [0.2, 0.25) is 0 Å². The van der Waals surface area contributed by atoms with Crippen LogP contribution in [0.1, 0.15) is 66.5 Å². The molecule has 0 saturated heterocycles. The monoisotopic (exact) mass is 493 g/mol. The van der Waals surface area contributed by atoms with Crippen molar-refractivity contribution in [3.05, 3.63) is 69.0 Å². The Hall–Kier alpha value is -2.93. The van der Waals surface area contributed by atoms with Crippen molar-refractivity contribution in [1.29, 1.82) is 0 Å². The predicted octanol–water partition coefficient (Wildman–Crippen LogP) is 5.42. The highest BCUT2D eigenvalue weighted by atomic mass is 32.2. The first-order valence-electron chi connectivity index (χ1n) is 12.1. The molecule has 186 valence electrons. The summed E-state index contributed by atoms with van der Waals surface area (Å²) in [5.41, 5.74) is 3.61. The van der Waals surface area contributed by atoms with Crippen molar-refractivity contribution in [2.45, 2.75) is 65.4 Å². The van der Waals surface area contributed by atoms with E-state index in [4.69, 9.17) is 4.98 Å². The van der Waals surface area contributed by atoms with Crippen molar-refractivity contribution >= 4 is 34.4 Å². The Morgan fingerprint density at radius 1 is 0.943 bits per heavy atom. The number of benzene rings is 2. The Morgan fingerprint density at radius 3 is 2.26 bits per heavy atom. The summed E-state index contributed by atoms with van der Waals surface area (Å²) in [6.07, 6.45) is 0. The minimum atomic E-state index is -0.433. The minimum absolute atomic E-state index is 0.00893. The summed E-state index contributed by atoms with van der Waals surface area (Å²) < 4.78 is 1.65. The van der Waals surface area contributed by atoms with E-state index in [1.54, 1.807) is 22.8 Å². The molecule has 0 unspecified atom stereocenters. The summed E-state index contributed by atoms with van der Waals surface area (Å²) >= 11 is 1.28. The highest BCUT2D eigenvalue weighted by Crippen LogP contribution is 2.26. The van der Waals surface area contributed by atoms with E-state index in [2.05, 4.69) is 5.32 Å². The summed E-state index contributed by atoms with van der Waals surface area (Å²) in [5, 5.41) is 3.42. The fourth-order valence-electron chi connectivity index (χ4n) is 3.70. The van der Waals surface area contributed by atoms with Crippen molar-refractivity contribution < 1.29 is 9.59 Å². The van der Waals surface area contributed by atoms with Crippen molar-refractivity contribution in [1.82, 2.24) is 14.9 Å². The van der Waals surface area contributed by atoms with Crippen LogP contribution >= 0.6 is 11.8 Å². The van der Waals surface area contributed by atoms with Gasteiger partial charge in [0.15, 0.2) is 10.9 Å². The van der Waals surface area contributed by atoms with Gasteiger partial charge in [0, 0.05) is 24.2 Å². The topological polar surface area (TPSA) is 81.1 Å². The fourth-order valence-corrected chi connectivity index (χ4v) is 4.69. The molecule has 0 aliphatic carbocycles. The second-order valence-corrected chi connectivity index (χ2v) is 11.3. The molecule has 3 aromatic rings. The molecule has 3 rings (SSSR count). The maximum atomic E-state index is 13.4. The lowest BCUT2D eigenvalue weighted by Crippen LogP contribution is -2.28. The molecule has 0 aliphatic rings. The zero-order chi connectivity index (χ0) is 25.9. The Balaban J connectivity index is 2.00. The fraction of sp³-hybridized carbons (Fsp3) is 0.429. The summed E-state index contributed by atoms with van der Waals surface area (Å²) in [7, 11) is 0. The summed E-state index contributed by atoms with van der Waals surface area (Å²) in [5.74, 6) is 0.352. The van der Waals surface area contributed by atoms with Gasteiger partial charge in [0.25, 0.3) is 11.5 Å². The van der Waals surface area contributed by atoms with Crippen molar-refractivity contribution in [2.24, 2.45) is 11.8 Å². The van der Waals surface area contributed by atoms with Crippen LogP contribution in [-0.2, 0) is 6.54 Å². The van der Waals surface area contributed by atoms with Gasteiger partial charge < -0.3 is 5.32 Å². The van der Waals surface area contributed by atoms with Crippen LogP contribution in [0.25, 0.3) is 10.9 Å². The molecule has 7 heteroatoms. The molecule has 0 aliphatic heterocycles. The largest absolute Gasteiger partial charge is 0.352 e. The second kappa shape index (κ2) is 11.2. The molecule has 35 heavy (non-hydrogen) atoms. The first-order chi connectivity index (χ1) is 16.5. The molecule has 0 radical (unpaired) electrons. The number of fused-ring (bicyclic) bond motifs is 1. The van der Waals surface area contributed by atoms with Crippen LogP contribution in [0.2, 0.25) is 0 Å². The Labute approximate surface area is 211 Å². The number of nitrogens with zero attached hydrogens (tertiary/aromatic N) is 2. The van der Waals surface area contributed by atoms with Gasteiger partial charge in [0.05, 0.1) is 16.2 Å². The molecular formula is C28H35N3O3S. The lowest BCUT2D eigenvalue weighted by molar-refractivity contribution is 0.0948. The average molecular weight is 494 g/mol. The summed E-state index contributed by atoms with van der Waals surface area (Å²) in [6.45, 7) is 15.0. The third-order valence-electron chi connectivity index (χ3n) is 5.84. The second-order valence-electron chi connectivity index (χ2n) is 9.96. The summed E-state index contributed by atoms with van der Waals surface area (Å²) in [6, 6.07) is 10.7. The van der Waals surface area contributed by atoms with Crippen LogP contribution in [-0.4, -0.2) is 33.0 Å². The van der Waals surface area contributed by atoms with Gasteiger partial charge in [-0.05, 0) is 68.0 Å². The first kappa shape index (κ1) is 26.7. The molecular weight excluding hydrogens is 458 g/mol. The number of hydrogen-bond acceptors (Lipinski definition) is 5. The molecule has 0 spiro atoms. The predicted molar refractivity (Wildman–Crippen MR) is 144 cm³/mol. The molecule has 6 nitrogen and oxygen atoms in total. The van der Waals surface area contributed by atoms with Crippen LogP contribution in [0.15, 0.2) is 46.3 Å². The number of carbonyl (C=O) groups excluding carboxylic acids is 2. The van der Waals surface area contributed by atoms with E-state index in [1.807, 2.05) is 66.7 Å². The molecule has 2 aromatic carbocycles. The summed E-state index contributed by atoms with van der Waals surface area (Å²) in [4.78, 5) is 43.9. The van der Waals surface area contributed by atoms with Crippen molar-refractivity contribution in [3.8, 4) is 0 Å². The number of rotatable bonds is 9. The number of aromatic nitrogens is 2. The molecule has 1 heterocycles. The van der Waals surface area contributed by atoms with E-state index in [0.29, 0.717) is 46.2 Å². The van der Waals surface area contributed by atoms with Crippen LogP contribution in [0, 0.1) is 25.7 Å². The molecule has 0 saturated carbocycles. The molecule has 0 fully saturated rings. The maximum Gasteiger partial charge on any atom is 0.262 e. The number of carbonyl (C=O) groups is 2. The van der Waals surface area contributed by atoms with E-state index in [-0.39, 0.29) is 23.2 Å². The van der Waals surface area contributed by atoms with Gasteiger partial charge in [-0.15, -0.1) is 0 Å². The van der Waals surface area contributed by atoms with Crippen LogP contribution in [0.5, 0.6) is 0 Å². The van der Waals surface area contributed by atoms with Gasteiger partial charge in [0.1, 0.15) is 0 Å². The number of nitrogens with one attached hydrogen (secondary N) is 1. The number of aryl methyl sites for hydroxylation is 2. The number of Topliss-reactive ketones (excluding diaryl/α,β-unsaturated/α-hetero) is 1. The molecule has 1 N–H and O–H groups in total. The van der Waals surface area contributed by atoms with Crippen molar-refractivity contribution in [3.63, 3.8) is 0 Å². The number of amides is 1. The lowest BCUT2D eigenvalue weighted by atomic mass is 10.0. The van der Waals surface area contributed by atoms with E-state index in [0.717, 1.165) is 11.1 Å².